The summed E-state index contributed by atoms with van der Waals surface area (Å²) in [5, 5.41) is 0. The molecule has 1 aliphatic carbocycles. The van der Waals surface area contributed by atoms with Gasteiger partial charge in [-0.15, -0.1) is 0 Å². The van der Waals surface area contributed by atoms with Gasteiger partial charge in [-0.3, -0.25) is 4.79 Å². The van der Waals surface area contributed by atoms with Crippen LogP contribution in [0.1, 0.15) is 44.2 Å². The van der Waals surface area contributed by atoms with E-state index in [9.17, 15) is 4.79 Å². The van der Waals surface area contributed by atoms with Gasteiger partial charge in [0.1, 0.15) is 5.78 Å². The van der Waals surface area contributed by atoms with E-state index in [0.717, 1.165) is 19.3 Å². The summed E-state index contributed by atoms with van der Waals surface area (Å²) < 4.78 is 0. The monoisotopic (exact) mass is 206 g/mol. The molecule has 0 N–H and O–H groups in total. The van der Waals surface area contributed by atoms with E-state index in [2.05, 4.69) is 38.1 Å². The maximum atomic E-state index is 9.90. The van der Waals surface area contributed by atoms with Gasteiger partial charge in [-0.25, -0.2) is 0 Å². The Hall–Kier alpha value is -1.11. The molecule has 0 amide bonds. The van der Waals surface area contributed by atoms with Gasteiger partial charge >= 0.3 is 0 Å². The Balaban J connectivity index is 0.000000241. The molecular formula is C14H22O. The van der Waals surface area contributed by atoms with Crippen LogP contribution in [0.2, 0.25) is 0 Å². The predicted octanol–water partition coefficient (Wildman–Crippen LogP) is 4.07. The van der Waals surface area contributed by atoms with Crippen LogP contribution in [0.3, 0.4) is 0 Å². The highest BCUT2D eigenvalue weighted by Gasteiger charge is 2.09. The number of Topliss-reactive ketones (excluding diaryl/α,β-unsaturated/α-hetero) is 1. The van der Waals surface area contributed by atoms with Crippen molar-refractivity contribution < 1.29 is 4.79 Å². The van der Waals surface area contributed by atoms with E-state index in [4.69, 9.17) is 0 Å². The van der Waals surface area contributed by atoms with Crippen LogP contribution < -0.4 is 0 Å². The van der Waals surface area contributed by atoms with Crippen molar-refractivity contribution in [3.63, 3.8) is 0 Å². The molecule has 1 saturated carbocycles. The minimum absolute atomic E-state index is 0.435. The largest absolute Gasteiger partial charge is 0.300 e. The van der Waals surface area contributed by atoms with Gasteiger partial charge in [0.05, 0.1) is 0 Å². The summed E-state index contributed by atoms with van der Waals surface area (Å²) in [6, 6.07) is 8.45. The quantitative estimate of drug-likeness (QED) is 0.625. The molecule has 84 valence electrons. The molecule has 0 radical (unpaired) electrons. The van der Waals surface area contributed by atoms with E-state index in [-0.39, 0.29) is 0 Å². The van der Waals surface area contributed by atoms with Gasteiger partial charge in [-0.05, 0) is 20.3 Å². The zero-order valence-electron chi connectivity index (χ0n) is 10.3. The molecule has 0 aromatic heterocycles. The highest BCUT2D eigenvalue weighted by molar-refractivity contribution is 5.83. The summed E-state index contributed by atoms with van der Waals surface area (Å²) in [6.45, 7) is 8.21. The van der Waals surface area contributed by atoms with E-state index in [1.54, 1.807) is 0 Å². The number of ketones is 1. The molecular weight excluding hydrogens is 184 g/mol. The van der Waals surface area contributed by atoms with Gasteiger partial charge in [0.2, 0.25) is 0 Å². The van der Waals surface area contributed by atoms with Crippen LogP contribution in [0.25, 0.3) is 0 Å². The van der Waals surface area contributed by atoms with Crippen molar-refractivity contribution in [2.24, 2.45) is 0 Å². The fraction of sp³-hybridized carbons (Fsp3) is 0.500. The van der Waals surface area contributed by atoms with Gasteiger partial charge in [0.25, 0.3) is 0 Å². The zero-order valence-corrected chi connectivity index (χ0v) is 10.3. The Kier molecular flexibility index (Phi) is 7.61. The first-order valence-corrected chi connectivity index (χ1v) is 5.73. The van der Waals surface area contributed by atoms with Crippen LogP contribution in [0.15, 0.2) is 24.3 Å². The third kappa shape index (κ3) is 6.89. The van der Waals surface area contributed by atoms with Gasteiger partial charge in [-0.2, -0.15) is 0 Å². The summed E-state index contributed by atoms with van der Waals surface area (Å²) in [6.07, 6.45) is 2.83. The third-order valence-electron chi connectivity index (χ3n) is 2.08. The highest BCUT2D eigenvalue weighted by atomic mass is 16.1. The highest BCUT2D eigenvalue weighted by Crippen LogP contribution is 2.10. The molecule has 0 spiro atoms. The fourth-order valence-electron chi connectivity index (χ4n) is 1.13. The minimum atomic E-state index is 0.435. The van der Waals surface area contributed by atoms with Crippen molar-refractivity contribution >= 4 is 5.78 Å². The van der Waals surface area contributed by atoms with Crippen molar-refractivity contribution in [3.8, 4) is 0 Å². The Labute approximate surface area is 93.5 Å². The SMILES string of the molecule is CC.Cc1cccc(C)c1.O=C1CCC1. The van der Waals surface area contributed by atoms with Crippen LogP contribution in [-0.4, -0.2) is 5.78 Å². The average Bonchev–Trinajstić information content (AvgIpc) is 2.18. The van der Waals surface area contributed by atoms with Crippen LogP contribution >= 0.6 is 0 Å². The molecule has 1 fully saturated rings. The van der Waals surface area contributed by atoms with Gasteiger partial charge in [-0.1, -0.05) is 49.2 Å². The van der Waals surface area contributed by atoms with Crippen molar-refractivity contribution in [1.29, 1.82) is 0 Å². The van der Waals surface area contributed by atoms with E-state index in [1.807, 2.05) is 13.8 Å². The Bertz CT molecular complexity index is 266. The summed E-state index contributed by atoms with van der Waals surface area (Å²) >= 11 is 0. The molecule has 0 heterocycles. The van der Waals surface area contributed by atoms with Crippen molar-refractivity contribution in [3.05, 3.63) is 35.4 Å². The second-order valence-corrected chi connectivity index (χ2v) is 3.55. The van der Waals surface area contributed by atoms with E-state index in [0.29, 0.717) is 5.78 Å². The lowest BCUT2D eigenvalue weighted by molar-refractivity contribution is -0.123. The van der Waals surface area contributed by atoms with E-state index >= 15 is 0 Å². The average molecular weight is 206 g/mol. The number of aryl methyl sites for hydroxylation is 2. The number of hydrogen-bond acceptors (Lipinski definition) is 1. The number of carbonyl (C=O) groups excluding carboxylic acids is 1. The maximum absolute atomic E-state index is 9.90. The van der Waals surface area contributed by atoms with Gasteiger partial charge in [0.15, 0.2) is 0 Å². The zero-order chi connectivity index (χ0) is 11.7. The van der Waals surface area contributed by atoms with Crippen molar-refractivity contribution in [2.75, 3.05) is 0 Å². The molecule has 0 unspecified atom stereocenters. The van der Waals surface area contributed by atoms with Crippen molar-refractivity contribution in [1.82, 2.24) is 0 Å². The lowest BCUT2D eigenvalue weighted by atomic mass is 9.99. The molecule has 1 aromatic rings. The first-order valence-electron chi connectivity index (χ1n) is 5.73. The van der Waals surface area contributed by atoms with E-state index < -0.39 is 0 Å². The predicted molar refractivity (Wildman–Crippen MR) is 66.1 cm³/mol. The molecule has 0 atom stereocenters. The van der Waals surface area contributed by atoms with Gasteiger partial charge in [0, 0.05) is 12.8 Å². The molecule has 0 aliphatic heterocycles. The Morgan fingerprint density at radius 1 is 1.00 bits per heavy atom. The van der Waals surface area contributed by atoms with Crippen LogP contribution in [0, 0.1) is 13.8 Å². The van der Waals surface area contributed by atoms with Crippen LogP contribution in [0.4, 0.5) is 0 Å². The number of carbonyl (C=O) groups is 1. The molecule has 0 saturated heterocycles. The smallest absolute Gasteiger partial charge is 0.132 e. The van der Waals surface area contributed by atoms with Crippen LogP contribution in [-0.2, 0) is 4.79 Å². The van der Waals surface area contributed by atoms with Crippen LogP contribution in [0.5, 0.6) is 0 Å². The lowest BCUT2D eigenvalue weighted by Gasteiger charge is -2.05. The standard InChI is InChI=1S/C8H10.C4H6O.C2H6/c1-7-4-3-5-8(2)6-7;5-4-2-1-3-4;1-2/h3-6H,1-2H3;1-3H2;1-2H3. The molecule has 1 nitrogen and oxygen atoms in total. The molecule has 1 aliphatic rings. The number of rotatable bonds is 0. The fourth-order valence-corrected chi connectivity index (χ4v) is 1.13. The number of hydrogen-bond donors (Lipinski definition) is 0. The topological polar surface area (TPSA) is 17.1 Å². The second-order valence-electron chi connectivity index (χ2n) is 3.55. The molecule has 0 bridgehead atoms. The molecule has 2 rings (SSSR count). The Morgan fingerprint density at radius 2 is 1.40 bits per heavy atom. The number of benzene rings is 1. The summed E-state index contributed by atoms with van der Waals surface area (Å²) in [5.74, 6) is 0.435. The van der Waals surface area contributed by atoms with Crippen molar-refractivity contribution in [2.45, 2.75) is 47.0 Å². The summed E-state index contributed by atoms with van der Waals surface area (Å²) in [7, 11) is 0. The third-order valence-corrected chi connectivity index (χ3v) is 2.08. The summed E-state index contributed by atoms with van der Waals surface area (Å²) in [4.78, 5) is 9.90. The van der Waals surface area contributed by atoms with E-state index in [1.165, 1.54) is 11.1 Å². The molecule has 15 heavy (non-hydrogen) atoms. The maximum Gasteiger partial charge on any atom is 0.132 e. The molecule has 1 heteroatoms. The van der Waals surface area contributed by atoms with Gasteiger partial charge < -0.3 is 0 Å². The molecule has 1 aromatic carbocycles. The second kappa shape index (κ2) is 8.22. The normalized spacial score (nSPS) is 12.7. The Morgan fingerprint density at radius 3 is 1.53 bits per heavy atom. The summed E-state index contributed by atoms with van der Waals surface area (Å²) in [5.41, 5.74) is 2.68. The minimum Gasteiger partial charge on any atom is -0.300 e. The first kappa shape index (κ1) is 13.9. The lowest BCUT2D eigenvalue weighted by Crippen LogP contribution is -2.07. The first-order chi connectivity index (χ1) is 7.18.